The van der Waals surface area contributed by atoms with Crippen LogP contribution < -0.4 is 11.1 Å². The van der Waals surface area contributed by atoms with Crippen LogP contribution in [-0.4, -0.2) is 26.2 Å². The van der Waals surface area contributed by atoms with Crippen LogP contribution in [0, 0.1) is 0 Å². The lowest BCUT2D eigenvalue weighted by molar-refractivity contribution is 0.102. The molecule has 2 rings (SSSR count). The van der Waals surface area contributed by atoms with E-state index in [0.29, 0.717) is 5.56 Å². The molecule has 0 aliphatic heterocycles. The second-order valence-electron chi connectivity index (χ2n) is 3.64. The maximum Gasteiger partial charge on any atom is 0.258 e. The quantitative estimate of drug-likeness (QED) is 0.645. The summed E-state index contributed by atoms with van der Waals surface area (Å²) in [6.45, 7) is 0. The maximum absolute atomic E-state index is 12.0. The van der Waals surface area contributed by atoms with E-state index in [4.69, 9.17) is 29.6 Å². The number of nitrogens with one attached hydrogen (secondary N) is 2. The third-order valence-electron chi connectivity index (χ3n) is 2.34. The van der Waals surface area contributed by atoms with Gasteiger partial charge in [0.25, 0.3) is 5.91 Å². The lowest BCUT2D eigenvalue weighted by atomic mass is 10.2. The third kappa shape index (κ3) is 2.83. The molecule has 0 saturated heterocycles. The second kappa shape index (κ2) is 5.25. The van der Waals surface area contributed by atoms with Crippen molar-refractivity contribution in [2.45, 2.75) is 0 Å². The minimum Gasteiger partial charge on any atom is -0.508 e. The maximum atomic E-state index is 12.0. The Morgan fingerprint density at radius 1 is 1.47 bits per heavy atom. The summed E-state index contributed by atoms with van der Waals surface area (Å²) in [6.07, 6.45) is 1.40. The topological polar surface area (TPSA) is 104 Å². The van der Waals surface area contributed by atoms with Crippen LogP contribution in [0.15, 0.2) is 24.4 Å². The molecule has 1 aromatic heterocycles. The molecular formula is C11H9ClN4O2S. The number of anilines is 1. The van der Waals surface area contributed by atoms with Crippen LogP contribution in [0.2, 0.25) is 5.02 Å². The van der Waals surface area contributed by atoms with E-state index in [1.165, 1.54) is 24.4 Å². The molecule has 5 N–H and O–H groups in total. The lowest BCUT2D eigenvalue weighted by Crippen LogP contribution is -2.17. The van der Waals surface area contributed by atoms with Gasteiger partial charge in [-0.25, -0.2) is 0 Å². The van der Waals surface area contributed by atoms with E-state index < -0.39 is 5.91 Å². The number of hydrogen-bond acceptors (Lipinski definition) is 4. The van der Waals surface area contributed by atoms with E-state index in [1.54, 1.807) is 0 Å². The first-order valence-electron chi connectivity index (χ1n) is 5.12. The number of nitrogens with zero attached hydrogens (tertiary/aromatic N) is 1. The number of phenolic OH excluding ortho intramolecular Hbond substituents is 1. The number of H-pyrrole nitrogens is 1. The number of hydrogen-bond donors (Lipinski definition) is 4. The summed E-state index contributed by atoms with van der Waals surface area (Å²) < 4.78 is 0. The van der Waals surface area contributed by atoms with Crippen molar-refractivity contribution >= 4 is 40.5 Å². The zero-order valence-corrected chi connectivity index (χ0v) is 11.0. The molecule has 0 aliphatic rings. The van der Waals surface area contributed by atoms with E-state index in [9.17, 15) is 9.90 Å². The second-order valence-corrected chi connectivity index (χ2v) is 4.49. The Balaban J connectivity index is 2.28. The molecule has 8 heteroatoms. The number of aromatic amines is 1. The largest absolute Gasteiger partial charge is 0.508 e. The molecule has 1 aromatic carbocycles. The predicted molar refractivity (Wildman–Crippen MR) is 75.5 cm³/mol. The molecule has 0 bridgehead atoms. The van der Waals surface area contributed by atoms with Gasteiger partial charge in [0.15, 0.2) is 0 Å². The first-order valence-corrected chi connectivity index (χ1v) is 5.90. The number of nitrogens with two attached hydrogens (primary N) is 1. The van der Waals surface area contributed by atoms with Crippen molar-refractivity contribution in [2.24, 2.45) is 5.73 Å². The summed E-state index contributed by atoms with van der Waals surface area (Å²) in [4.78, 5) is 12.1. The molecule has 0 radical (unpaired) electrons. The van der Waals surface area contributed by atoms with E-state index in [0.717, 1.165) is 0 Å². The van der Waals surface area contributed by atoms with Gasteiger partial charge in [-0.05, 0) is 18.2 Å². The number of amides is 1. The number of carbonyl (C=O) groups excluding carboxylic acids is 1. The number of carbonyl (C=O) groups is 1. The number of phenols is 1. The molecule has 6 nitrogen and oxygen atoms in total. The fourth-order valence-electron chi connectivity index (χ4n) is 1.44. The Morgan fingerprint density at radius 3 is 2.89 bits per heavy atom. The normalized spacial score (nSPS) is 10.2. The molecule has 1 heterocycles. The van der Waals surface area contributed by atoms with Gasteiger partial charge in [-0.15, -0.1) is 0 Å². The van der Waals surface area contributed by atoms with Crippen molar-refractivity contribution in [1.29, 1.82) is 0 Å². The summed E-state index contributed by atoms with van der Waals surface area (Å²) in [5, 5.41) is 18.4. The minimum absolute atomic E-state index is 0.0614. The summed E-state index contributed by atoms with van der Waals surface area (Å²) in [5.41, 5.74) is 6.03. The zero-order valence-electron chi connectivity index (χ0n) is 9.48. The third-order valence-corrected chi connectivity index (χ3v) is 2.89. The number of rotatable bonds is 3. The van der Waals surface area contributed by atoms with Gasteiger partial charge < -0.3 is 16.2 Å². The van der Waals surface area contributed by atoms with Crippen molar-refractivity contribution in [3.8, 4) is 5.75 Å². The van der Waals surface area contributed by atoms with E-state index in [1.807, 2.05) is 0 Å². The summed E-state index contributed by atoms with van der Waals surface area (Å²) in [7, 11) is 0. The molecule has 0 saturated carbocycles. The predicted octanol–water partition coefficient (Wildman–Crippen LogP) is 1.66. The smallest absolute Gasteiger partial charge is 0.258 e. The van der Waals surface area contributed by atoms with Crippen LogP contribution in [0.25, 0.3) is 0 Å². The van der Waals surface area contributed by atoms with Gasteiger partial charge in [0.2, 0.25) is 0 Å². The Morgan fingerprint density at radius 2 is 2.21 bits per heavy atom. The molecule has 0 atom stereocenters. The van der Waals surface area contributed by atoms with E-state index in [-0.39, 0.29) is 27.1 Å². The van der Waals surface area contributed by atoms with Crippen molar-refractivity contribution in [3.63, 3.8) is 0 Å². The minimum atomic E-state index is -0.511. The van der Waals surface area contributed by atoms with Gasteiger partial charge in [0.1, 0.15) is 16.6 Å². The van der Waals surface area contributed by atoms with E-state index in [2.05, 4.69) is 15.5 Å². The zero-order chi connectivity index (χ0) is 14.0. The SMILES string of the molecule is NC(=S)c1cn[nH]c1NC(=O)c1cc(O)ccc1Cl. The first-order chi connectivity index (χ1) is 8.99. The number of thiocarbonyl (C=S) groups is 1. The van der Waals surface area contributed by atoms with Gasteiger partial charge in [0, 0.05) is 0 Å². The fraction of sp³-hybridized carbons (Fsp3) is 0. The average Bonchev–Trinajstić information content (AvgIpc) is 2.80. The number of aromatic nitrogens is 2. The standard InChI is InChI=1S/C11H9ClN4O2S/c12-8-2-1-5(17)3-6(8)11(18)15-10-7(9(13)19)4-14-16-10/h1-4,17H,(H2,13,19)(H2,14,15,16,18). The Labute approximate surface area is 118 Å². The Hall–Kier alpha value is -2.12. The monoisotopic (exact) mass is 296 g/mol. The summed E-state index contributed by atoms with van der Waals surface area (Å²) in [6, 6.07) is 4.07. The van der Waals surface area contributed by atoms with Gasteiger partial charge in [-0.1, -0.05) is 23.8 Å². The lowest BCUT2D eigenvalue weighted by Gasteiger charge is -2.07. The summed E-state index contributed by atoms with van der Waals surface area (Å²) in [5.74, 6) is -0.298. The molecule has 98 valence electrons. The van der Waals surface area contributed by atoms with Gasteiger partial charge in [-0.3, -0.25) is 9.89 Å². The van der Waals surface area contributed by atoms with E-state index >= 15 is 0 Å². The number of aromatic hydroxyl groups is 1. The molecule has 0 fully saturated rings. The molecular weight excluding hydrogens is 288 g/mol. The highest BCUT2D eigenvalue weighted by atomic mass is 35.5. The molecule has 19 heavy (non-hydrogen) atoms. The van der Waals surface area contributed by atoms with Crippen molar-refractivity contribution in [1.82, 2.24) is 10.2 Å². The molecule has 0 unspecified atom stereocenters. The van der Waals surface area contributed by atoms with Crippen LogP contribution in [0.1, 0.15) is 15.9 Å². The highest BCUT2D eigenvalue weighted by Crippen LogP contribution is 2.22. The average molecular weight is 297 g/mol. The number of halogens is 1. The van der Waals surface area contributed by atoms with Crippen LogP contribution in [0.5, 0.6) is 5.75 Å². The van der Waals surface area contributed by atoms with Crippen LogP contribution in [0.3, 0.4) is 0 Å². The van der Waals surface area contributed by atoms with Crippen LogP contribution in [-0.2, 0) is 0 Å². The molecule has 1 amide bonds. The summed E-state index contributed by atoms with van der Waals surface area (Å²) >= 11 is 10.7. The van der Waals surface area contributed by atoms with Crippen molar-refractivity contribution in [3.05, 3.63) is 40.5 Å². The Bertz CT molecular complexity index is 656. The highest BCUT2D eigenvalue weighted by molar-refractivity contribution is 7.80. The molecule has 0 aliphatic carbocycles. The number of benzene rings is 1. The van der Waals surface area contributed by atoms with Crippen LogP contribution >= 0.6 is 23.8 Å². The van der Waals surface area contributed by atoms with Crippen molar-refractivity contribution in [2.75, 3.05) is 5.32 Å². The van der Waals surface area contributed by atoms with Gasteiger partial charge >= 0.3 is 0 Å². The Kier molecular flexibility index (Phi) is 3.68. The van der Waals surface area contributed by atoms with Crippen LogP contribution in [0.4, 0.5) is 5.82 Å². The van der Waals surface area contributed by atoms with Gasteiger partial charge in [0.05, 0.1) is 22.3 Å². The highest BCUT2D eigenvalue weighted by Gasteiger charge is 2.15. The molecule has 0 spiro atoms. The first kappa shape index (κ1) is 13.3. The van der Waals surface area contributed by atoms with Crippen molar-refractivity contribution < 1.29 is 9.90 Å². The van der Waals surface area contributed by atoms with Gasteiger partial charge in [-0.2, -0.15) is 5.10 Å². The molecule has 2 aromatic rings. The fourth-order valence-corrected chi connectivity index (χ4v) is 1.79.